The van der Waals surface area contributed by atoms with Crippen LogP contribution in [-0.2, 0) is 10.0 Å². The molecular weight excluding hydrogens is 276 g/mol. The van der Waals surface area contributed by atoms with Crippen LogP contribution < -0.4 is 10.0 Å². The molecule has 2 fully saturated rings. The van der Waals surface area contributed by atoms with Crippen molar-refractivity contribution in [3.05, 3.63) is 12.4 Å². The van der Waals surface area contributed by atoms with Crippen molar-refractivity contribution in [1.29, 1.82) is 0 Å². The van der Waals surface area contributed by atoms with E-state index in [9.17, 15) is 8.42 Å². The molecule has 0 aromatic carbocycles. The van der Waals surface area contributed by atoms with Gasteiger partial charge in [0.15, 0.2) is 0 Å². The highest BCUT2D eigenvalue weighted by molar-refractivity contribution is 7.89. The van der Waals surface area contributed by atoms with E-state index < -0.39 is 10.0 Å². The van der Waals surface area contributed by atoms with Crippen molar-refractivity contribution in [3.63, 3.8) is 0 Å². The van der Waals surface area contributed by atoms with E-state index in [4.69, 9.17) is 0 Å². The van der Waals surface area contributed by atoms with Gasteiger partial charge in [-0.25, -0.2) is 23.1 Å². The van der Waals surface area contributed by atoms with E-state index in [1.54, 1.807) is 7.05 Å². The van der Waals surface area contributed by atoms with Crippen molar-refractivity contribution in [3.8, 4) is 0 Å². The molecule has 0 spiro atoms. The second kappa shape index (κ2) is 5.29. The van der Waals surface area contributed by atoms with Crippen molar-refractivity contribution >= 4 is 16.0 Å². The molecule has 6 nitrogen and oxygen atoms in total. The normalized spacial score (nSPS) is 19.3. The third-order valence-electron chi connectivity index (χ3n) is 4.13. The SMILES string of the molecule is CNc1ncc(S(=O)(=O)NCC(C2CC2)C2CC2)cn1. The summed E-state index contributed by atoms with van der Waals surface area (Å²) in [5, 5.41) is 2.76. The summed E-state index contributed by atoms with van der Waals surface area (Å²) in [7, 11) is -1.80. The number of sulfonamides is 1. The molecule has 0 amide bonds. The molecule has 2 N–H and O–H groups in total. The summed E-state index contributed by atoms with van der Waals surface area (Å²) in [4.78, 5) is 8.01. The Morgan fingerprint density at radius 1 is 1.20 bits per heavy atom. The highest BCUT2D eigenvalue weighted by Gasteiger charge is 2.41. The van der Waals surface area contributed by atoms with Crippen LogP contribution >= 0.6 is 0 Å². The molecule has 2 aliphatic rings. The fraction of sp³-hybridized carbons (Fsp3) is 0.692. The molecule has 3 rings (SSSR count). The fourth-order valence-electron chi connectivity index (χ4n) is 2.64. The van der Waals surface area contributed by atoms with E-state index in [2.05, 4.69) is 20.0 Å². The monoisotopic (exact) mass is 296 g/mol. The first-order valence-corrected chi connectivity index (χ1v) is 8.58. The number of aromatic nitrogens is 2. The van der Waals surface area contributed by atoms with Gasteiger partial charge in [-0.15, -0.1) is 0 Å². The van der Waals surface area contributed by atoms with E-state index >= 15 is 0 Å². The van der Waals surface area contributed by atoms with Gasteiger partial charge in [0.25, 0.3) is 0 Å². The third-order valence-corrected chi connectivity index (χ3v) is 5.50. The maximum Gasteiger partial charge on any atom is 0.243 e. The highest BCUT2D eigenvalue weighted by Crippen LogP contribution is 2.48. The Bertz CT molecular complexity index is 553. The molecule has 1 aromatic heterocycles. The van der Waals surface area contributed by atoms with Crippen LogP contribution in [0.4, 0.5) is 5.95 Å². The smallest absolute Gasteiger partial charge is 0.243 e. The van der Waals surface area contributed by atoms with Crippen LogP contribution in [0.15, 0.2) is 17.3 Å². The van der Waals surface area contributed by atoms with Gasteiger partial charge < -0.3 is 5.32 Å². The van der Waals surface area contributed by atoms with Gasteiger partial charge in [-0.1, -0.05) is 0 Å². The Hall–Kier alpha value is -1.21. The minimum atomic E-state index is -3.49. The molecule has 1 aromatic rings. The summed E-state index contributed by atoms with van der Waals surface area (Å²) in [6.07, 6.45) is 7.69. The predicted octanol–water partition coefficient (Wildman–Crippen LogP) is 1.23. The lowest BCUT2D eigenvalue weighted by atomic mass is 9.99. The molecule has 7 heteroatoms. The van der Waals surface area contributed by atoms with E-state index in [0.29, 0.717) is 18.4 Å². The van der Waals surface area contributed by atoms with Crippen molar-refractivity contribution < 1.29 is 8.42 Å². The Morgan fingerprint density at radius 3 is 2.20 bits per heavy atom. The van der Waals surface area contributed by atoms with Gasteiger partial charge in [0, 0.05) is 13.6 Å². The van der Waals surface area contributed by atoms with E-state index in [1.165, 1.54) is 38.1 Å². The third kappa shape index (κ3) is 3.09. The van der Waals surface area contributed by atoms with Crippen LogP contribution in [-0.4, -0.2) is 32.0 Å². The molecule has 0 bridgehead atoms. The van der Waals surface area contributed by atoms with Crippen LogP contribution in [0.2, 0.25) is 0 Å². The number of hydrogen-bond acceptors (Lipinski definition) is 5. The van der Waals surface area contributed by atoms with Crippen LogP contribution in [0.3, 0.4) is 0 Å². The van der Waals surface area contributed by atoms with Crippen molar-refractivity contribution in [2.24, 2.45) is 17.8 Å². The van der Waals surface area contributed by atoms with Gasteiger partial charge in [0.05, 0.1) is 12.4 Å². The Balaban J connectivity index is 1.64. The summed E-state index contributed by atoms with van der Waals surface area (Å²) >= 11 is 0. The van der Waals surface area contributed by atoms with E-state index in [-0.39, 0.29) is 4.90 Å². The highest BCUT2D eigenvalue weighted by atomic mass is 32.2. The topological polar surface area (TPSA) is 84.0 Å². The zero-order valence-electron chi connectivity index (χ0n) is 11.5. The van der Waals surface area contributed by atoms with E-state index in [0.717, 1.165) is 11.8 Å². The first kappa shape index (κ1) is 13.8. The lowest BCUT2D eigenvalue weighted by Crippen LogP contribution is -2.31. The van der Waals surface area contributed by atoms with Gasteiger partial charge in [0.1, 0.15) is 4.90 Å². The number of anilines is 1. The van der Waals surface area contributed by atoms with Crippen molar-refractivity contribution in [2.75, 3.05) is 18.9 Å². The summed E-state index contributed by atoms with van der Waals surface area (Å²) in [6, 6.07) is 0. The van der Waals surface area contributed by atoms with Crippen LogP contribution in [0.1, 0.15) is 25.7 Å². The Labute approximate surface area is 119 Å². The first-order valence-electron chi connectivity index (χ1n) is 7.09. The molecule has 0 saturated heterocycles. The molecule has 20 heavy (non-hydrogen) atoms. The minimum absolute atomic E-state index is 0.127. The molecule has 0 atom stereocenters. The second-order valence-electron chi connectivity index (χ2n) is 5.68. The quantitative estimate of drug-likeness (QED) is 0.790. The lowest BCUT2D eigenvalue weighted by molar-refractivity contribution is 0.401. The van der Waals surface area contributed by atoms with Crippen molar-refractivity contribution in [2.45, 2.75) is 30.6 Å². The Morgan fingerprint density at radius 2 is 1.75 bits per heavy atom. The first-order chi connectivity index (χ1) is 9.60. The summed E-state index contributed by atoms with van der Waals surface area (Å²) < 4.78 is 27.1. The zero-order valence-corrected chi connectivity index (χ0v) is 12.4. The zero-order chi connectivity index (χ0) is 14.2. The summed E-state index contributed by atoms with van der Waals surface area (Å²) in [6.45, 7) is 0.547. The molecule has 0 aliphatic heterocycles. The molecule has 0 unspecified atom stereocenters. The Kier molecular flexibility index (Phi) is 3.64. The van der Waals surface area contributed by atoms with Gasteiger partial charge >= 0.3 is 0 Å². The lowest BCUT2D eigenvalue weighted by Gasteiger charge is -2.16. The van der Waals surface area contributed by atoms with Gasteiger partial charge in [0.2, 0.25) is 16.0 Å². The van der Waals surface area contributed by atoms with E-state index in [1.807, 2.05) is 0 Å². The predicted molar refractivity (Wildman–Crippen MR) is 75.7 cm³/mol. The van der Waals surface area contributed by atoms with Crippen LogP contribution in [0.25, 0.3) is 0 Å². The van der Waals surface area contributed by atoms with Crippen LogP contribution in [0, 0.1) is 17.8 Å². The summed E-state index contributed by atoms with van der Waals surface area (Å²) in [5.41, 5.74) is 0. The average Bonchev–Trinajstić information content (AvgIpc) is 3.32. The van der Waals surface area contributed by atoms with Crippen molar-refractivity contribution in [1.82, 2.24) is 14.7 Å². The van der Waals surface area contributed by atoms with Gasteiger partial charge in [-0.3, -0.25) is 0 Å². The standard InChI is InChI=1S/C13H20N4O2S/c1-14-13-15-6-11(7-16-13)20(18,19)17-8-12(9-2-3-9)10-4-5-10/h6-7,9-10,12,17H,2-5,8H2,1H3,(H,14,15,16). The summed E-state index contributed by atoms with van der Waals surface area (Å²) in [5.74, 6) is 2.39. The molecule has 1 heterocycles. The number of nitrogens with one attached hydrogen (secondary N) is 2. The number of rotatable bonds is 7. The minimum Gasteiger partial charge on any atom is -0.357 e. The average molecular weight is 296 g/mol. The number of hydrogen-bond donors (Lipinski definition) is 2. The second-order valence-corrected chi connectivity index (χ2v) is 7.45. The van der Waals surface area contributed by atoms with Gasteiger partial charge in [-0.2, -0.15) is 0 Å². The fourth-order valence-corrected chi connectivity index (χ4v) is 3.60. The molecular formula is C13H20N4O2S. The maximum atomic E-state index is 12.2. The molecule has 2 saturated carbocycles. The number of nitrogens with zero attached hydrogens (tertiary/aromatic N) is 2. The molecule has 2 aliphatic carbocycles. The van der Waals surface area contributed by atoms with Gasteiger partial charge in [-0.05, 0) is 43.4 Å². The largest absolute Gasteiger partial charge is 0.357 e. The maximum absolute atomic E-state index is 12.2. The van der Waals surface area contributed by atoms with Crippen LogP contribution in [0.5, 0.6) is 0 Å². The molecule has 0 radical (unpaired) electrons. The molecule has 110 valence electrons.